The Hall–Kier alpha value is -1.38. The van der Waals surface area contributed by atoms with Gasteiger partial charge in [0.15, 0.2) is 0 Å². The normalized spacial score (nSPS) is 10.9. The number of hydrogen-bond donors (Lipinski definition) is 1. The van der Waals surface area contributed by atoms with Crippen LogP contribution in [0.3, 0.4) is 0 Å². The zero-order valence-electron chi connectivity index (χ0n) is 16.1. The van der Waals surface area contributed by atoms with Crippen LogP contribution in [0.4, 0.5) is 0 Å². The Kier molecular flexibility index (Phi) is 12.9. The number of pyridine rings is 1. The van der Waals surface area contributed by atoms with E-state index in [1.165, 1.54) is 89.7 Å². The van der Waals surface area contributed by atoms with E-state index in [0.717, 1.165) is 18.4 Å². The van der Waals surface area contributed by atoms with Gasteiger partial charge in [-0.3, -0.25) is 4.98 Å². The number of nitrogens with zero attached hydrogens (tertiary/aromatic N) is 1. The number of rotatable bonds is 16. The SMILES string of the molecule is CCCCCCCCCCCCCCCCc1ccncc1C(=O)O. The Morgan fingerprint density at radius 2 is 1.32 bits per heavy atom. The highest BCUT2D eigenvalue weighted by molar-refractivity contribution is 5.88. The summed E-state index contributed by atoms with van der Waals surface area (Å²) in [5.74, 6) is -0.867. The van der Waals surface area contributed by atoms with Gasteiger partial charge in [0.25, 0.3) is 0 Å². The Balaban J connectivity index is 1.90. The Morgan fingerprint density at radius 3 is 1.80 bits per heavy atom. The van der Waals surface area contributed by atoms with Crippen LogP contribution in [0, 0.1) is 0 Å². The van der Waals surface area contributed by atoms with Crippen molar-refractivity contribution in [1.82, 2.24) is 4.98 Å². The van der Waals surface area contributed by atoms with Crippen molar-refractivity contribution >= 4 is 5.97 Å². The first kappa shape index (κ1) is 21.7. The zero-order valence-corrected chi connectivity index (χ0v) is 16.1. The quantitative estimate of drug-likeness (QED) is 0.334. The van der Waals surface area contributed by atoms with Gasteiger partial charge in [0, 0.05) is 12.4 Å². The van der Waals surface area contributed by atoms with Gasteiger partial charge in [-0.05, 0) is 24.5 Å². The van der Waals surface area contributed by atoms with E-state index in [0.29, 0.717) is 5.56 Å². The van der Waals surface area contributed by atoms with Crippen LogP contribution in [0.15, 0.2) is 18.5 Å². The van der Waals surface area contributed by atoms with Crippen molar-refractivity contribution in [2.45, 2.75) is 103 Å². The fourth-order valence-electron chi connectivity index (χ4n) is 3.34. The number of aryl methyl sites for hydroxylation is 1. The molecular formula is C22H37NO2. The van der Waals surface area contributed by atoms with Gasteiger partial charge >= 0.3 is 5.97 Å². The number of carbonyl (C=O) groups is 1. The molecule has 0 fully saturated rings. The Labute approximate surface area is 154 Å². The number of hydrogen-bond acceptors (Lipinski definition) is 2. The predicted molar refractivity (Wildman–Crippen MR) is 105 cm³/mol. The standard InChI is InChI=1S/C22H37NO2/c1-2-3-4-5-6-7-8-9-10-11-12-13-14-15-16-20-17-18-23-19-21(20)22(24)25/h17-19H,2-16H2,1H3,(H,24,25). The van der Waals surface area contributed by atoms with Crippen LogP contribution in [0.2, 0.25) is 0 Å². The van der Waals surface area contributed by atoms with Crippen molar-refractivity contribution < 1.29 is 9.90 Å². The lowest BCUT2D eigenvalue weighted by Crippen LogP contribution is -2.03. The maximum atomic E-state index is 11.1. The summed E-state index contributed by atoms with van der Waals surface area (Å²) in [6.07, 6.45) is 22.8. The van der Waals surface area contributed by atoms with Gasteiger partial charge in [-0.15, -0.1) is 0 Å². The highest BCUT2D eigenvalue weighted by atomic mass is 16.4. The highest BCUT2D eigenvalue weighted by Gasteiger charge is 2.08. The second-order valence-electron chi connectivity index (χ2n) is 7.18. The molecule has 0 aromatic carbocycles. The molecular weight excluding hydrogens is 310 g/mol. The van der Waals surface area contributed by atoms with E-state index in [1.54, 1.807) is 6.20 Å². The van der Waals surface area contributed by atoms with Crippen molar-refractivity contribution in [2.75, 3.05) is 0 Å². The van der Waals surface area contributed by atoms with Gasteiger partial charge in [0.05, 0.1) is 5.56 Å². The molecule has 1 aromatic rings. The number of aromatic carboxylic acids is 1. The van der Waals surface area contributed by atoms with Crippen molar-refractivity contribution in [3.05, 3.63) is 29.6 Å². The highest BCUT2D eigenvalue weighted by Crippen LogP contribution is 2.15. The summed E-state index contributed by atoms with van der Waals surface area (Å²) in [5, 5.41) is 9.14. The predicted octanol–water partition coefficient (Wildman–Crippen LogP) is 6.80. The molecule has 25 heavy (non-hydrogen) atoms. The number of carboxylic acids is 1. The Morgan fingerprint density at radius 1 is 0.840 bits per heavy atom. The fourth-order valence-corrected chi connectivity index (χ4v) is 3.34. The van der Waals surface area contributed by atoms with Gasteiger partial charge in [0.2, 0.25) is 0 Å². The van der Waals surface area contributed by atoms with E-state index in [9.17, 15) is 4.79 Å². The molecule has 0 aliphatic rings. The molecule has 1 rings (SSSR count). The minimum absolute atomic E-state index is 0.359. The number of aromatic nitrogens is 1. The van der Waals surface area contributed by atoms with Crippen LogP contribution < -0.4 is 0 Å². The van der Waals surface area contributed by atoms with E-state index in [4.69, 9.17) is 5.11 Å². The minimum Gasteiger partial charge on any atom is -0.478 e. The first-order chi connectivity index (χ1) is 12.3. The van der Waals surface area contributed by atoms with Gasteiger partial charge in [0.1, 0.15) is 0 Å². The zero-order chi connectivity index (χ0) is 18.2. The van der Waals surface area contributed by atoms with Crippen LogP contribution in [-0.2, 0) is 6.42 Å². The molecule has 1 aromatic heterocycles. The van der Waals surface area contributed by atoms with Crippen LogP contribution >= 0.6 is 0 Å². The van der Waals surface area contributed by atoms with Crippen molar-refractivity contribution in [1.29, 1.82) is 0 Å². The average molecular weight is 348 g/mol. The largest absolute Gasteiger partial charge is 0.478 e. The molecule has 0 aliphatic heterocycles. The Bertz CT molecular complexity index is 459. The maximum absolute atomic E-state index is 11.1. The van der Waals surface area contributed by atoms with Crippen molar-refractivity contribution in [3.8, 4) is 0 Å². The van der Waals surface area contributed by atoms with Gasteiger partial charge in [-0.2, -0.15) is 0 Å². The maximum Gasteiger partial charge on any atom is 0.337 e. The molecule has 142 valence electrons. The lowest BCUT2D eigenvalue weighted by Gasteiger charge is -2.05. The van der Waals surface area contributed by atoms with Crippen LogP contribution in [0.1, 0.15) is 113 Å². The molecule has 0 amide bonds. The molecule has 0 atom stereocenters. The van der Waals surface area contributed by atoms with Gasteiger partial charge in [-0.25, -0.2) is 4.79 Å². The minimum atomic E-state index is -0.867. The fraction of sp³-hybridized carbons (Fsp3) is 0.727. The molecule has 0 bridgehead atoms. The molecule has 0 saturated heterocycles. The van der Waals surface area contributed by atoms with E-state index >= 15 is 0 Å². The lowest BCUT2D eigenvalue weighted by atomic mass is 10.0. The van der Waals surface area contributed by atoms with Crippen molar-refractivity contribution in [3.63, 3.8) is 0 Å². The first-order valence-corrected chi connectivity index (χ1v) is 10.4. The second-order valence-corrected chi connectivity index (χ2v) is 7.18. The average Bonchev–Trinajstić information content (AvgIpc) is 2.62. The van der Waals surface area contributed by atoms with Crippen molar-refractivity contribution in [2.24, 2.45) is 0 Å². The summed E-state index contributed by atoms with van der Waals surface area (Å²) >= 11 is 0. The third-order valence-corrected chi connectivity index (χ3v) is 4.94. The topological polar surface area (TPSA) is 50.2 Å². The van der Waals surface area contributed by atoms with Gasteiger partial charge < -0.3 is 5.11 Å². The molecule has 0 unspecified atom stereocenters. The molecule has 3 heteroatoms. The van der Waals surface area contributed by atoms with Gasteiger partial charge in [-0.1, -0.05) is 90.4 Å². The monoisotopic (exact) mass is 347 g/mol. The molecule has 1 heterocycles. The molecule has 1 N–H and O–H groups in total. The van der Waals surface area contributed by atoms with E-state index < -0.39 is 5.97 Å². The van der Waals surface area contributed by atoms with Crippen LogP contribution in [0.5, 0.6) is 0 Å². The van der Waals surface area contributed by atoms with E-state index in [2.05, 4.69) is 11.9 Å². The summed E-state index contributed by atoms with van der Waals surface area (Å²) in [7, 11) is 0. The number of carboxylic acid groups (broad SMARTS) is 1. The van der Waals surface area contributed by atoms with Crippen LogP contribution in [0.25, 0.3) is 0 Å². The lowest BCUT2D eigenvalue weighted by molar-refractivity contribution is 0.0695. The van der Waals surface area contributed by atoms with E-state index in [-0.39, 0.29) is 0 Å². The number of unbranched alkanes of at least 4 members (excludes halogenated alkanes) is 13. The summed E-state index contributed by atoms with van der Waals surface area (Å²) in [5.41, 5.74) is 1.28. The molecule has 0 spiro atoms. The smallest absolute Gasteiger partial charge is 0.337 e. The summed E-state index contributed by atoms with van der Waals surface area (Å²) in [4.78, 5) is 15.0. The summed E-state index contributed by atoms with van der Waals surface area (Å²) in [6, 6.07) is 1.84. The molecule has 0 radical (unpaired) electrons. The van der Waals surface area contributed by atoms with Crippen LogP contribution in [-0.4, -0.2) is 16.1 Å². The third kappa shape index (κ3) is 11.0. The molecule has 0 saturated carbocycles. The molecule has 0 aliphatic carbocycles. The van der Waals surface area contributed by atoms with E-state index in [1.807, 2.05) is 6.07 Å². The summed E-state index contributed by atoms with van der Waals surface area (Å²) in [6.45, 7) is 2.27. The third-order valence-electron chi connectivity index (χ3n) is 4.94. The second kappa shape index (κ2) is 14.9. The first-order valence-electron chi connectivity index (χ1n) is 10.4. The summed E-state index contributed by atoms with van der Waals surface area (Å²) < 4.78 is 0. The molecule has 3 nitrogen and oxygen atoms in total.